The molecule has 9 aromatic carbocycles. The summed E-state index contributed by atoms with van der Waals surface area (Å²) in [7, 11) is 0. The van der Waals surface area contributed by atoms with Gasteiger partial charge in [-0.3, -0.25) is 0 Å². The van der Waals surface area contributed by atoms with Crippen LogP contribution in [0.3, 0.4) is 0 Å². The minimum Gasteiger partial charge on any atom is -0.0654 e. The van der Waals surface area contributed by atoms with Crippen LogP contribution in [0.1, 0.15) is 63.1 Å². The molecule has 0 nitrogen and oxygen atoms in total. The smallest absolute Gasteiger partial charge is 0.0159 e. The molecule has 0 aliphatic heterocycles. The molecule has 1 aliphatic rings. The van der Waals surface area contributed by atoms with Crippen LogP contribution in [-0.4, -0.2) is 0 Å². The third kappa shape index (κ3) is 5.34. The summed E-state index contributed by atoms with van der Waals surface area (Å²) in [6, 6.07) is 62.1. The molecule has 55 heavy (non-hydrogen) atoms. The van der Waals surface area contributed by atoms with Gasteiger partial charge in [0.1, 0.15) is 0 Å². The SMILES string of the molecule is CCCCCCc1ccc(-c2c3ccccc3c(-c3c4ccccc4c(-c4ccc5c(c4)C(C)(C)c4ccccc4-5)c4ccccc34)c3ccccc23)cc1. The van der Waals surface area contributed by atoms with Crippen LogP contribution in [0.5, 0.6) is 0 Å². The van der Waals surface area contributed by atoms with Crippen LogP contribution in [0.4, 0.5) is 0 Å². The predicted molar refractivity (Wildman–Crippen MR) is 238 cm³/mol. The highest BCUT2D eigenvalue weighted by atomic mass is 14.4. The molecule has 0 atom stereocenters. The Kier molecular flexibility index (Phi) is 8.18. The number of fused-ring (bicyclic) bond motifs is 7. The van der Waals surface area contributed by atoms with Gasteiger partial charge in [0.25, 0.3) is 0 Å². The third-order valence-corrected chi connectivity index (χ3v) is 12.5. The van der Waals surface area contributed by atoms with E-state index in [1.807, 2.05) is 0 Å². The first kappa shape index (κ1) is 33.6. The van der Waals surface area contributed by atoms with E-state index in [9.17, 15) is 0 Å². The molecular weight excluding hydrogens is 661 g/mol. The second-order valence-electron chi connectivity index (χ2n) is 16.1. The number of hydrogen-bond acceptors (Lipinski definition) is 0. The van der Waals surface area contributed by atoms with Gasteiger partial charge < -0.3 is 0 Å². The summed E-state index contributed by atoms with van der Waals surface area (Å²) in [4.78, 5) is 0. The minimum atomic E-state index is -0.0674. The molecule has 0 heterocycles. The van der Waals surface area contributed by atoms with Crippen LogP contribution in [-0.2, 0) is 11.8 Å². The predicted octanol–water partition coefficient (Wildman–Crippen LogP) is 15.7. The average molecular weight is 707 g/mol. The van der Waals surface area contributed by atoms with Gasteiger partial charge in [-0.25, -0.2) is 0 Å². The van der Waals surface area contributed by atoms with E-state index >= 15 is 0 Å². The maximum absolute atomic E-state index is 2.49. The van der Waals surface area contributed by atoms with Crippen molar-refractivity contribution >= 4 is 43.1 Å². The highest BCUT2D eigenvalue weighted by Crippen LogP contribution is 2.53. The maximum atomic E-state index is 2.49. The Labute approximate surface area is 325 Å². The molecule has 0 N–H and O–H groups in total. The first-order valence-electron chi connectivity index (χ1n) is 20.3. The number of rotatable bonds is 8. The van der Waals surface area contributed by atoms with Crippen LogP contribution in [0.2, 0.25) is 0 Å². The van der Waals surface area contributed by atoms with E-state index < -0.39 is 0 Å². The van der Waals surface area contributed by atoms with Gasteiger partial charge in [0.15, 0.2) is 0 Å². The van der Waals surface area contributed by atoms with Crippen LogP contribution in [0.25, 0.3) is 87.6 Å². The Balaban J connectivity index is 1.22. The van der Waals surface area contributed by atoms with E-state index in [0.29, 0.717) is 0 Å². The zero-order chi connectivity index (χ0) is 37.1. The lowest BCUT2D eigenvalue weighted by atomic mass is 9.79. The molecule has 0 unspecified atom stereocenters. The van der Waals surface area contributed by atoms with Gasteiger partial charge in [-0.2, -0.15) is 0 Å². The molecule has 0 saturated carbocycles. The molecule has 0 amide bonds. The summed E-state index contributed by atoms with van der Waals surface area (Å²) in [6.45, 7) is 7.04. The molecule has 0 radical (unpaired) electrons. The zero-order valence-corrected chi connectivity index (χ0v) is 32.1. The Morgan fingerprint density at radius 3 is 1.29 bits per heavy atom. The molecule has 10 rings (SSSR count). The summed E-state index contributed by atoms with van der Waals surface area (Å²) in [5, 5.41) is 10.3. The Hall–Kier alpha value is -5.98. The molecular formula is C55H46. The molecule has 266 valence electrons. The van der Waals surface area contributed by atoms with Crippen LogP contribution in [0.15, 0.2) is 164 Å². The van der Waals surface area contributed by atoms with E-state index in [1.165, 1.54) is 130 Å². The molecule has 0 aromatic heterocycles. The molecule has 1 aliphatic carbocycles. The average Bonchev–Trinajstić information content (AvgIpc) is 3.46. The first-order chi connectivity index (χ1) is 27.0. The van der Waals surface area contributed by atoms with E-state index in [2.05, 4.69) is 185 Å². The van der Waals surface area contributed by atoms with Crippen molar-refractivity contribution < 1.29 is 0 Å². The first-order valence-corrected chi connectivity index (χ1v) is 20.3. The van der Waals surface area contributed by atoms with Crippen molar-refractivity contribution in [1.29, 1.82) is 0 Å². The second kappa shape index (κ2) is 13.4. The van der Waals surface area contributed by atoms with Gasteiger partial charge in [0.05, 0.1) is 0 Å². The van der Waals surface area contributed by atoms with Crippen molar-refractivity contribution in [1.82, 2.24) is 0 Å². The van der Waals surface area contributed by atoms with E-state index in [1.54, 1.807) is 0 Å². The molecule has 9 aromatic rings. The molecule has 0 spiro atoms. The molecule has 0 bridgehead atoms. The highest BCUT2D eigenvalue weighted by Gasteiger charge is 2.35. The van der Waals surface area contributed by atoms with Crippen LogP contribution in [0, 0.1) is 0 Å². The maximum Gasteiger partial charge on any atom is 0.0159 e. The monoisotopic (exact) mass is 706 g/mol. The van der Waals surface area contributed by atoms with Gasteiger partial charge in [-0.1, -0.05) is 198 Å². The summed E-state index contributed by atoms with van der Waals surface area (Å²) in [5.41, 5.74) is 14.7. The lowest BCUT2D eigenvalue weighted by Gasteiger charge is -2.24. The molecule has 0 heteroatoms. The number of benzene rings is 9. The van der Waals surface area contributed by atoms with Crippen molar-refractivity contribution in [2.75, 3.05) is 0 Å². The van der Waals surface area contributed by atoms with Crippen molar-refractivity contribution in [3.63, 3.8) is 0 Å². The molecule has 0 fully saturated rings. The summed E-state index contributed by atoms with van der Waals surface area (Å²) in [6.07, 6.45) is 6.30. The van der Waals surface area contributed by atoms with Crippen molar-refractivity contribution in [2.24, 2.45) is 0 Å². The number of unbranched alkanes of at least 4 members (excludes halogenated alkanes) is 3. The van der Waals surface area contributed by atoms with Gasteiger partial charge in [-0.05, 0) is 123 Å². The molecule has 0 saturated heterocycles. The fourth-order valence-corrected chi connectivity index (χ4v) is 9.87. The quantitative estimate of drug-likeness (QED) is 0.109. The van der Waals surface area contributed by atoms with Crippen molar-refractivity contribution in [2.45, 2.75) is 58.3 Å². The van der Waals surface area contributed by atoms with E-state index in [4.69, 9.17) is 0 Å². The van der Waals surface area contributed by atoms with Crippen LogP contribution >= 0.6 is 0 Å². The fourth-order valence-electron chi connectivity index (χ4n) is 9.87. The second-order valence-corrected chi connectivity index (χ2v) is 16.1. The Morgan fingerprint density at radius 1 is 0.364 bits per heavy atom. The Morgan fingerprint density at radius 2 is 0.782 bits per heavy atom. The number of hydrogen-bond donors (Lipinski definition) is 0. The van der Waals surface area contributed by atoms with Gasteiger partial charge in [-0.15, -0.1) is 0 Å². The number of aryl methyl sites for hydroxylation is 1. The summed E-state index contributed by atoms with van der Waals surface area (Å²) < 4.78 is 0. The standard InChI is InChI=1S/C55H46/c1-4-5-6-7-18-36-29-31-37(32-30-36)51-41-20-8-12-24-45(41)53(46-25-13-9-21-42(46)51)54-47-26-14-10-22-43(47)52(44-23-11-15-27-48(44)54)38-33-34-40-39-19-16-17-28-49(39)55(2,3)50(40)35-38/h8-17,19-35H,4-7,18H2,1-3H3. The summed E-state index contributed by atoms with van der Waals surface area (Å²) in [5.74, 6) is 0. The van der Waals surface area contributed by atoms with Crippen LogP contribution < -0.4 is 0 Å². The third-order valence-electron chi connectivity index (χ3n) is 12.5. The fraction of sp³-hybridized carbons (Fsp3) is 0.164. The Bertz CT molecular complexity index is 2810. The van der Waals surface area contributed by atoms with Gasteiger partial charge in [0, 0.05) is 5.41 Å². The van der Waals surface area contributed by atoms with Crippen molar-refractivity contribution in [3.8, 4) is 44.5 Å². The van der Waals surface area contributed by atoms with E-state index in [0.717, 1.165) is 6.42 Å². The van der Waals surface area contributed by atoms with Gasteiger partial charge >= 0.3 is 0 Å². The van der Waals surface area contributed by atoms with Crippen molar-refractivity contribution in [3.05, 3.63) is 180 Å². The largest absolute Gasteiger partial charge is 0.0654 e. The van der Waals surface area contributed by atoms with Gasteiger partial charge in [0.2, 0.25) is 0 Å². The van der Waals surface area contributed by atoms with E-state index in [-0.39, 0.29) is 5.41 Å². The minimum absolute atomic E-state index is 0.0674. The normalized spacial score (nSPS) is 13.1. The summed E-state index contributed by atoms with van der Waals surface area (Å²) >= 11 is 0. The topological polar surface area (TPSA) is 0 Å². The lowest BCUT2D eigenvalue weighted by Crippen LogP contribution is -2.14. The highest BCUT2D eigenvalue weighted by molar-refractivity contribution is 6.30. The lowest BCUT2D eigenvalue weighted by molar-refractivity contribution is 0.660. The zero-order valence-electron chi connectivity index (χ0n) is 32.1.